The normalized spacial score (nSPS) is 17.1. The van der Waals surface area contributed by atoms with Gasteiger partial charge < -0.3 is 39.8 Å². The van der Waals surface area contributed by atoms with Crippen LogP contribution >= 0.6 is 87.9 Å². The van der Waals surface area contributed by atoms with E-state index in [-0.39, 0.29) is 39.0 Å². The van der Waals surface area contributed by atoms with Crippen molar-refractivity contribution in [3.8, 4) is 48.3 Å². The lowest BCUT2D eigenvalue weighted by molar-refractivity contribution is -0.120. The van der Waals surface area contributed by atoms with Crippen LogP contribution in [0.3, 0.4) is 0 Å². The molecule has 4 aliphatic carbocycles. The number of benzene rings is 9. The number of aryl methyl sites for hydroxylation is 1. The molecule has 2 amide bonds. The van der Waals surface area contributed by atoms with Crippen LogP contribution < -0.4 is 34.7 Å². The number of rotatable bonds is 5. The predicted octanol–water partition coefficient (Wildman–Crippen LogP) is 30.2. The van der Waals surface area contributed by atoms with E-state index in [2.05, 4.69) is 365 Å². The molecular formula is C119H144Br4ClN7O5S. The van der Waals surface area contributed by atoms with Gasteiger partial charge in [-0.15, -0.1) is 18.7 Å². The molecule has 9 aromatic carbocycles. The highest BCUT2D eigenvalue weighted by molar-refractivity contribution is 9.11. The predicted molar refractivity (Wildman–Crippen MR) is 602 cm³/mol. The number of halogens is 5. The van der Waals surface area contributed by atoms with Gasteiger partial charge in [0.05, 0.1) is 5.56 Å². The molecule has 726 valence electrons. The fraction of sp³-hybridized carbons (Fsp3) is 0.412. The summed E-state index contributed by atoms with van der Waals surface area (Å²) in [5.41, 5.74) is 26.8. The van der Waals surface area contributed by atoms with Gasteiger partial charge in [0, 0.05) is 175 Å². The van der Waals surface area contributed by atoms with Crippen LogP contribution in [0.25, 0.3) is 0 Å². The molecule has 2 N–H and O–H groups in total. The summed E-state index contributed by atoms with van der Waals surface area (Å²) in [5.74, 6) is 18.5. The largest absolute Gasteiger partial charge is 0.478 e. The number of allylic oxidation sites excluding steroid dienone is 3. The second kappa shape index (κ2) is 48.0. The molecule has 0 unspecified atom stereocenters. The zero-order valence-corrected chi connectivity index (χ0v) is 93.6. The molecule has 9 aliphatic rings. The van der Waals surface area contributed by atoms with E-state index in [0.717, 1.165) is 69.4 Å². The summed E-state index contributed by atoms with van der Waals surface area (Å²) in [4.78, 5) is 57.7. The summed E-state index contributed by atoms with van der Waals surface area (Å²) in [6.07, 6.45) is 28.0. The summed E-state index contributed by atoms with van der Waals surface area (Å²) in [6, 6.07) is 63.6. The highest BCUT2D eigenvalue weighted by atomic mass is 79.9. The van der Waals surface area contributed by atoms with E-state index in [0.29, 0.717) is 34.0 Å². The van der Waals surface area contributed by atoms with Gasteiger partial charge in [-0.25, -0.2) is 4.79 Å². The molecule has 0 bridgehead atoms. The first-order chi connectivity index (χ1) is 64.8. The van der Waals surface area contributed by atoms with Gasteiger partial charge in [-0.05, 0) is 368 Å². The molecule has 5 heterocycles. The molecule has 0 atom stereocenters. The van der Waals surface area contributed by atoms with Gasteiger partial charge in [0.2, 0.25) is 11.1 Å². The number of amides is 2. The van der Waals surface area contributed by atoms with Crippen molar-refractivity contribution in [3.63, 3.8) is 0 Å². The fourth-order valence-corrected chi connectivity index (χ4v) is 20.8. The van der Waals surface area contributed by atoms with Crippen LogP contribution in [0.1, 0.15) is 281 Å². The van der Waals surface area contributed by atoms with E-state index in [9.17, 15) is 19.2 Å². The minimum atomic E-state index is -0.918. The number of terminal acetylenes is 1. The molecule has 5 aliphatic heterocycles. The number of hydrogen-bond donors (Lipinski definition) is 3. The van der Waals surface area contributed by atoms with Crippen LogP contribution in [0.15, 0.2) is 229 Å². The number of nitrogens with one attached hydrogen (secondary N) is 1. The van der Waals surface area contributed by atoms with Crippen molar-refractivity contribution in [3.05, 3.63) is 296 Å². The summed E-state index contributed by atoms with van der Waals surface area (Å²) in [6.45, 7) is 38.9. The Labute approximate surface area is 867 Å². The van der Waals surface area contributed by atoms with E-state index in [1.807, 2.05) is 109 Å². The Morgan fingerprint density at radius 1 is 0.467 bits per heavy atom. The van der Waals surface area contributed by atoms with Crippen LogP contribution in [0, 0.1) is 55.3 Å². The average molecular weight is 2140 g/mol. The van der Waals surface area contributed by atoms with E-state index in [4.69, 9.17) is 18.1 Å². The number of fused-ring (bicyclic) bond motifs is 5. The van der Waals surface area contributed by atoms with Crippen molar-refractivity contribution in [2.45, 2.75) is 264 Å². The third kappa shape index (κ3) is 29.5. The Balaban J connectivity index is 0.000000196. The molecule has 9 aromatic rings. The van der Waals surface area contributed by atoms with Crippen molar-refractivity contribution >= 4 is 151 Å². The molecule has 0 saturated heterocycles. The maximum Gasteiger partial charge on any atom is 0.335 e. The maximum atomic E-state index is 11.8. The van der Waals surface area contributed by atoms with E-state index in [1.165, 1.54) is 157 Å². The third-order valence-corrected chi connectivity index (χ3v) is 29.4. The number of anilines is 7. The fourth-order valence-electron chi connectivity index (χ4n) is 19.3. The van der Waals surface area contributed by atoms with Gasteiger partial charge in [0.15, 0.2) is 0 Å². The number of nitrogens with zero attached hydrogens (tertiary/aromatic N) is 6. The van der Waals surface area contributed by atoms with Crippen molar-refractivity contribution in [2.24, 2.45) is 0 Å². The van der Waals surface area contributed by atoms with E-state index >= 15 is 0 Å². The van der Waals surface area contributed by atoms with Crippen LogP contribution in [-0.4, -0.2) is 106 Å². The van der Waals surface area contributed by atoms with Crippen molar-refractivity contribution in [1.29, 1.82) is 0 Å². The lowest BCUT2D eigenvalue weighted by atomic mass is 9.73. The summed E-state index contributed by atoms with van der Waals surface area (Å²) < 4.78 is 10.1. The standard InChI is InChI=1S/C23H23NO2.C23H25N.C17H21N.C14H18BrN.2C12H14BrNO.C7H8BrN.C5H7ClO.C3H8.C2H2.CH4S/c1-22(2)15-23(12-13-23)24(3)20-11-8-17(14-19(20)22)5-4-16-6-9-18(10-7-16)21(25)26;1-17-5-7-18(8-6-17)9-10-19-11-12-21-20(15-19)22(2,3)16-23(13-14-23)24(21)4;1-5-6-13-7-8-15-14(11-13)16(2,3)12-17(9-10-17)18(15)4;1-13(2)9-14(6-7-14)16(3)12-5-4-10(15)8-11(12)13;1-12(2)7-11(15)14(3)10-5-4-8(13)6-9(10)12;1-9(2)8-12(15)14(3)11-6-4-10(13)5-7-11;1-9-7-4-2-6(8)3-5-7;1-4(2)3-5(6)7;1-3-2;2*1-2/h6-11,14H,12-13,15H2,1-3H3,(H,25,26);5-8,11-12,15H,13-14,16H2,1-4H3;7-8,11H,9-10,12H2,1-4H3;4-5,8H,6-7,9H2,1-3H3;4-6H,7H2,1-3H3;4-8H,1-3H3;2-5,9H,1H3;3H,1-2H3;3H2,1-2H3;1-2H;2H,1H3/i;;;;;;;;;1T;. The number of aromatic carboxylic acids is 1. The van der Waals surface area contributed by atoms with Crippen molar-refractivity contribution in [2.75, 3.05) is 90.3 Å². The number of likely N-dealkylation sites (N-methyl/N-ethyl adjacent to an activating group) is 1. The van der Waals surface area contributed by atoms with Gasteiger partial charge in [-0.1, -0.05) is 212 Å². The maximum absolute atomic E-state index is 11.8. The molecule has 4 spiro atoms. The summed E-state index contributed by atoms with van der Waals surface area (Å²) >= 11 is 22.2. The van der Waals surface area contributed by atoms with Gasteiger partial charge >= 0.3 is 5.97 Å². The highest BCUT2D eigenvalue weighted by Crippen LogP contribution is 2.61. The highest BCUT2D eigenvalue weighted by Gasteiger charge is 2.57. The molecule has 18 heteroatoms. The molecule has 18 rings (SSSR count). The lowest BCUT2D eigenvalue weighted by Crippen LogP contribution is -2.45. The third-order valence-electron chi connectivity index (χ3n) is 27.2. The Bertz CT molecular complexity index is 6090. The first kappa shape index (κ1) is 111. The van der Waals surface area contributed by atoms with Crippen LogP contribution in [0.5, 0.6) is 0 Å². The van der Waals surface area contributed by atoms with Crippen LogP contribution in [0.2, 0.25) is 0 Å². The monoisotopic (exact) mass is 2140 g/mol. The molecule has 137 heavy (non-hydrogen) atoms. The average Bonchev–Trinajstić information content (AvgIpc) is 1.58. The van der Waals surface area contributed by atoms with Gasteiger partial charge in [-0.2, -0.15) is 12.6 Å². The molecule has 4 saturated carbocycles. The number of carbonyl (C=O) groups is 4. The molecule has 0 aromatic heterocycles. The molecule has 4 fully saturated rings. The second-order valence-corrected chi connectivity index (χ2v) is 45.2. The number of hydrogen-bond acceptors (Lipinski definition) is 10. The Kier molecular flexibility index (Phi) is 38.9. The second-order valence-electron chi connectivity index (χ2n) is 41.1. The summed E-state index contributed by atoms with van der Waals surface area (Å²) in [5, 5.41) is 11.6. The first-order valence-corrected chi connectivity index (χ1v) is 51.7. The van der Waals surface area contributed by atoms with E-state index < -0.39 is 11.2 Å². The molecule has 0 radical (unpaired) electrons. The molecule has 12 nitrogen and oxygen atoms in total. The number of thiol groups is 1. The number of carboxylic acid groups (broad SMARTS) is 1. The number of carbonyl (C=O) groups excluding carboxylic acids is 3. The minimum Gasteiger partial charge on any atom is -0.478 e. The van der Waals surface area contributed by atoms with Crippen LogP contribution in [-0.2, 0) is 41.5 Å². The smallest absolute Gasteiger partial charge is 0.335 e. The number of carboxylic acids is 1. The first-order valence-electron chi connectivity index (χ1n) is 47.7. The molecular weight excluding hydrogens is 1990 g/mol. The van der Waals surface area contributed by atoms with Gasteiger partial charge in [-0.3, -0.25) is 14.4 Å². The van der Waals surface area contributed by atoms with Gasteiger partial charge in [0.1, 0.15) is 1.37 Å². The Morgan fingerprint density at radius 2 is 0.759 bits per heavy atom. The van der Waals surface area contributed by atoms with Crippen molar-refractivity contribution in [1.82, 2.24) is 0 Å². The summed E-state index contributed by atoms with van der Waals surface area (Å²) in [7, 11) is 14.5. The quantitative estimate of drug-likeness (QED) is 0.0665. The van der Waals surface area contributed by atoms with Crippen LogP contribution in [0.4, 0.5) is 39.8 Å². The Hall–Kier alpha value is -9.66. The van der Waals surface area contributed by atoms with Gasteiger partial charge in [0.25, 0.3) is 5.91 Å². The SMILES string of the molecule is CC#Cc1ccc2c(c1)C(C)(C)CC1(CC1)N2C.CC(C)=CC(=O)Cl.CC(C)=CC(=O)N(C)c1ccc(Br)cc1.CCC.CN1C(=O)CC(C)(C)c2cc(Br)ccc21.CN1c2ccc(Br)cc2C(C)(C)CC12CC2.CN1c2ccc(C#Cc3ccc(C(=O)O)cc3)cc2C(C)(C)CC12CC2.CNc1ccc(Br)cc1.CS.Cc1ccc(C#Cc2ccc3c(c2)C(C)(C)CC2(CC2)N3C)cc1.[3H]C#C. The zero-order chi connectivity index (χ0) is 103. The lowest BCUT2D eigenvalue weighted by Gasteiger charge is -2.45. The topological polar surface area (TPSA) is 120 Å². The Morgan fingerprint density at radius 3 is 1.07 bits per heavy atom. The van der Waals surface area contributed by atoms with Crippen molar-refractivity contribution < 1.29 is 25.7 Å². The van der Waals surface area contributed by atoms with E-state index in [1.54, 1.807) is 53.4 Å². The zero-order valence-electron chi connectivity index (χ0n) is 86.6. The minimum absolute atomic E-state index is 0.00248.